The quantitative estimate of drug-likeness (QED) is 0.376. The fourth-order valence-electron chi connectivity index (χ4n) is 4.32. The molecule has 4 heterocycles. The van der Waals surface area contributed by atoms with Crippen molar-refractivity contribution in [3.05, 3.63) is 85.2 Å². The van der Waals surface area contributed by atoms with Gasteiger partial charge in [-0.3, -0.25) is 4.90 Å². The van der Waals surface area contributed by atoms with Crippen molar-refractivity contribution in [3.63, 3.8) is 0 Å². The number of rotatable bonds is 2. The lowest BCUT2D eigenvalue weighted by Gasteiger charge is -2.29. The predicted molar refractivity (Wildman–Crippen MR) is 116 cm³/mol. The normalized spacial score (nSPS) is 16.0. The molecule has 1 atom stereocenters. The zero-order valence-electron chi connectivity index (χ0n) is 15.9. The van der Waals surface area contributed by atoms with E-state index in [9.17, 15) is 0 Å². The highest BCUT2D eigenvalue weighted by molar-refractivity contribution is 6.09. The van der Waals surface area contributed by atoms with E-state index in [-0.39, 0.29) is 6.17 Å². The number of anilines is 4. The molecule has 5 nitrogen and oxygen atoms in total. The highest BCUT2D eigenvalue weighted by atomic mass is 16.3. The van der Waals surface area contributed by atoms with Crippen molar-refractivity contribution in [2.24, 2.45) is 0 Å². The Morgan fingerprint density at radius 1 is 0.724 bits per heavy atom. The van der Waals surface area contributed by atoms with Gasteiger partial charge in [0.15, 0.2) is 11.4 Å². The second-order valence-corrected chi connectivity index (χ2v) is 7.17. The van der Waals surface area contributed by atoms with Gasteiger partial charge >= 0.3 is 0 Å². The van der Waals surface area contributed by atoms with Gasteiger partial charge in [0.05, 0.1) is 11.4 Å². The van der Waals surface area contributed by atoms with E-state index in [0.29, 0.717) is 5.71 Å². The second kappa shape index (κ2) is 6.07. The Morgan fingerprint density at radius 2 is 1.48 bits per heavy atom. The fraction of sp³-hybridized carbons (Fsp3) is 0.0833. The lowest BCUT2D eigenvalue weighted by atomic mass is 10.1. The molecule has 6 rings (SSSR count). The number of aromatic nitrogens is 2. The zero-order chi connectivity index (χ0) is 19.4. The maximum Gasteiger partial charge on any atom is 0.227 e. The van der Waals surface area contributed by atoms with Crippen LogP contribution < -0.4 is 9.80 Å². The van der Waals surface area contributed by atoms with Crippen LogP contribution in [0.4, 0.5) is 22.9 Å². The minimum Gasteiger partial charge on any atom is -0.436 e. The first-order chi connectivity index (χ1) is 14.3. The van der Waals surface area contributed by atoms with Crippen LogP contribution in [0.1, 0.15) is 6.92 Å². The first kappa shape index (κ1) is 16.1. The van der Waals surface area contributed by atoms with E-state index in [2.05, 4.69) is 70.2 Å². The highest BCUT2D eigenvalue weighted by Crippen LogP contribution is 2.48. The van der Waals surface area contributed by atoms with Crippen molar-refractivity contribution < 1.29 is 4.42 Å². The minimum atomic E-state index is 0.0362. The minimum absolute atomic E-state index is 0.0362. The summed E-state index contributed by atoms with van der Waals surface area (Å²) < 4.78 is 6.20. The number of nitrogens with zero attached hydrogens (tertiary/aromatic N) is 4. The SMILES string of the molecule is CC1N(c2ccccc2)c2cccnc2N1c1cccc2c1oc1ncccc12. The molecule has 0 N–H and O–H groups in total. The van der Waals surface area contributed by atoms with E-state index >= 15 is 0 Å². The fourth-order valence-corrected chi connectivity index (χ4v) is 4.32. The third-order valence-corrected chi connectivity index (χ3v) is 5.55. The molecule has 0 radical (unpaired) electrons. The van der Waals surface area contributed by atoms with Crippen molar-refractivity contribution in [2.75, 3.05) is 9.80 Å². The summed E-state index contributed by atoms with van der Waals surface area (Å²) in [5.41, 5.74) is 4.70. The molecule has 140 valence electrons. The number of benzene rings is 2. The molecule has 1 aliphatic heterocycles. The first-order valence-corrected chi connectivity index (χ1v) is 9.68. The Labute approximate surface area is 167 Å². The van der Waals surface area contributed by atoms with Gasteiger partial charge in [0.1, 0.15) is 6.17 Å². The Balaban J connectivity index is 1.60. The summed E-state index contributed by atoms with van der Waals surface area (Å²) in [6, 6.07) is 24.8. The third kappa shape index (κ3) is 2.27. The van der Waals surface area contributed by atoms with Crippen molar-refractivity contribution in [1.82, 2.24) is 9.97 Å². The van der Waals surface area contributed by atoms with E-state index in [1.165, 1.54) is 0 Å². The summed E-state index contributed by atoms with van der Waals surface area (Å²) >= 11 is 0. The van der Waals surface area contributed by atoms with Crippen LogP contribution >= 0.6 is 0 Å². The van der Waals surface area contributed by atoms with Gasteiger partial charge in [-0.25, -0.2) is 9.97 Å². The molecule has 5 aromatic rings. The molecule has 0 saturated heterocycles. The van der Waals surface area contributed by atoms with Crippen LogP contribution in [0.25, 0.3) is 22.1 Å². The number of furan rings is 1. The summed E-state index contributed by atoms with van der Waals surface area (Å²) in [5, 5.41) is 2.09. The molecule has 0 saturated carbocycles. The lowest BCUT2D eigenvalue weighted by molar-refractivity contribution is 0.649. The van der Waals surface area contributed by atoms with Gasteiger partial charge in [-0.15, -0.1) is 0 Å². The van der Waals surface area contributed by atoms with Crippen LogP contribution in [-0.4, -0.2) is 16.1 Å². The van der Waals surface area contributed by atoms with Gasteiger partial charge in [-0.1, -0.05) is 30.3 Å². The Hall–Kier alpha value is -3.86. The van der Waals surface area contributed by atoms with Gasteiger partial charge in [0.2, 0.25) is 5.71 Å². The molecular formula is C24H18N4O. The van der Waals surface area contributed by atoms with Crippen molar-refractivity contribution in [3.8, 4) is 0 Å². The molecule has 0 fully saturated rings. The second-order valence-electron chi connectivity index (χ2n) is 7.17. The summed E-state index contributed by atoms with van der Waals surface area (Å²) in [6.07, 6.45) is 3.64. The summed E-state index contributed by atoms with van der Waals surface area (Å²) in [6.45, 7) is 2.19. The molecule has 1 unspecified atom stereocenters. The zero-order valence-corrected chi connectivity index (χ0v) is 15.9. The molecular weight excluding hydrogens is 360 g/mol. The Bertz CT molecular complexity index is 1350. The molecule has 3 aromatic heterocycles. The van der Waals surface area contributed by atoms with Gasteiger partial charge in [0, 0.05) is 28.9 Å². The van der Waals surface area contributed by atoms with Gasteiger partial charge in [0.25, 0.3) is 0 Å². The number of fused-ring (bicyclic) bond motifs is 4. The summed E-state index contributed by atoms with van der Waals surface area (Å²) in [7, 11) is 0. The number of hydrogen-bond acceptors (Lipinski definition) is 5. The van der Waals surface area contributed by atoms with E-state index in [1.807, 2.05) is 30.5 Å². The van der Waals surface area contributed by atoms with Crippen molar-refractivity contribution >= 4 is 44.9 Å². The van der Waals surface area contributed by atoms with Gasteiger partial charge in [-0.05, 0) is 49.4 Å². The van der Waals surface area contributed by atoms with Crippen LogP contribution in [0.15, 0.2) is 89.6 Å². The van der Waals surface area contributed by atoms with E-state index in [4.69, 9.17) is 9.40 Å². The van der Waals surface area contributed by atoms with Crippen molar-refractivity contribution in [2.45, 2.75) is 13.1 Å². The van der Waals surface area contributed by atoms with Crippen LogP contribution in [0.2, 0.25) is 0 Å². The monoisotopic (exact) mass is 378 g/mol. The molecule has 29 heavy (non-hydrogen) atoms. The average Bonchev–Trinajstić information content (AvgIpc) is 3.29. The number of pyridine rings is 2. The third-order valence-electron chi connectivity index (χ3n) is 5.55. The van der Waals surface area contributed by atoms with E-state index in [0.717, 1.165) is 39.2 Å². The number of hydrogen-bond donors (Lipinski definition) is 0. The first-order valence-electron chi connectivity index (χ1n) is 9.68. The smallest absolute Gasteiger partial charge is 0.227 e. The van der Waals surface area contributed by atoms with Gasteiger partial charge < -0.3 is 9.32 Å². The Morgan fingerprint density at radius 3 is 2.38 bits per heavy atom. The number of para-hydroxylation sites is 2. The molecule has 0 spiro atoms. The van der Waals surface area contributed by atoms with Gasteiger partial charge in [-0.2, -0.15) is 0 Å². The largest absolute Gasteiger partial charge is 0.436 e. The average molecular weight is 378 g/mol. The molecule has 2 aromatic carbocycles. The lowest BCUT2D eigenvalue weighted by Crippen LogP contribution is -2.35. The molecule has 0 bridgehead atoms. The topological polar surface area (TPSA) is 45.4 Å². The molecule has 0 aliphatic carbocycles. The maximum atomic E-state index is 6.20. The molecule has 0 amide bonds. The van der Waals surface area contributed by atoms with E-state index < -0.39 is 0 Å². The molecule has 5 heteroatoms. The van der Waals surface area contributed by atoms with Crippen LogP contribution in [0.5, 0.6) is 0 Å². The molecule has 1 aliphatic rings. The van der Waals surface area contributed by atoms with Crippen molar-refractivity contribution in [1.29, 1.82) is 0 Å². The van der Waals surface area contributed by atoms with Crippen LogP contribution in [-0.2, 0) is 0 Å². The predicted octanol–water partition coefficient (Wildman–Crippen LogP) is 6.01. The Kier molecular flexibility index (Phi) is 3.38. The summed E-state index contributed by atoms with van der Waals surface area (Å²) in [5.74, 6) is 0.921. The summed E-state index contributed by atoms with van der Waals surface area (Å²) in [4.78, 5) is 13.7. The van der Waals surface area contributed by atoms with E-state index in [1.54, 1.807) is 6.20 Å². The highest BCUT2D eigenvalue weighted by Gasteiger charge is 2.37. The van der Waals surface area contributed by atoms with Crippen LogP contribution in [0, 0.1) is 0 Å². The van der Waals surface area contributed by atoms with Crippen LogP contribution in [0.3, 0.4) is 0 Å². The standard InChI is InChI=1S/C24H18N4O/c1-16-27(17-8-3-2-4-9-17)21-13-7-14-25-23(21)28(16)20-12-5-10-18-19-11-6-15-26-24(19)29-22(18)20/h2-16H,1H3. The maximum absolute atomic E-state index is 6.20.